The van der Waals surface area contributed by atoms with Gasteiger partial charge in [0.25, 0.3) is 0 Å². The van der Waals surface area contributed by atoms with E-state index in [1.54, 1.807) is 0 Å². The molecule has 0 radical (unpaired) electrons. The molecule has 10 heteroatoms. The van der Waals surface area contributed by atoms with Gasteiger partial charge in [0.2, 0.25) is 12.4 Å². The number of rotatable bonds is 5. The van der Waals surface area contributed by atoms with Gasteiger partial charge in [0.1, 0.15) is 12.8 Å². The number of ether oxygens (including phenoxy) is 5. The average Bonchev–Trinajstić information content (AvgIpc) is 2.42. The second-order valence-electron chi connectivity index (χ2n) is 5.03. The summed E-state index contributed by atoms with van der Waals surface area (Å²) in [5.41, 5.74) is 0. The summed E-state index contributed by atoms with van der Waals surface area (Å²) in [6.07, 6.45) is -7.12. The predicted molar refractivity (Wildman–Crippen MR) is 73.1 cm³/mol. The molecule has 5 atom stereocenters. The van der Waals surface area contributed by atoms with Crippen molar-refractivity contribution >= 4 is 23.9 Å². The molecule has 3 unspecified atom stereocenters. The van der Waals surface area contributed by atoms with Crippen molar-refractivity contribution in [3.05, 3.63) is 0 Å². The molecule has 9 nitrogen and oxygen atoms in total. The highest BCUT2D eigenvalue weighted by atomic mass is 19.1. The second kappa shape index (κ2) is 8.57. The molecule has 0 N–H and O–H groups in total. The van der Waals surface area contributed by atoms with Gasteiger partial charge in [0.15, 0.2) is 12.2 Å². The van der Waals surface area contributed by atoms with Crippen molar-refractivity contribution in [3.8, 4) is 0 Å². The summed E-state index contributed by atoms with van der Waals surface area (Å²) in [5, 5.41) is 0. The van der Waals surface area contributed by atoms with E-state index in [9.17, 15) is 23.6 Å². The lowest BCUT2D eigenvalue weighted by Gasteiger charge is -2.43. The van der Waals surface area contributed by atoms with Crippen LogP contribution >= 0.6 is 0 Å². The smallest absolute Gasteiger partial charge is 0.305 e. The van der Waals surface area contributed by atoms with Crippen LogP contribution in [0.5, 0.6) is 0 Å². The number of carbonyl (C=O) groups excluding carboxylic acids is 4. The van der Waals surface area contributed by atoms with Crippen molar-refractivity contribution in [1.29, 1.82) is 0 Å². The van der Waals surface area contributed by atoms with E-state index in [0.29, 0.717) is 0 Å². The Balaban J connectivity index is 3.23. The number of alkyl halides is 1. The number of esters is 4. The maximum absolute atomic E-state index is 13.3. The average molecular weight is 350 g/mol. The van der Waals surface area contributed by atoms with Crippen LogP contribution in [0.4, 0.5) is 4.39 Å². The molecule has 0 aromatic heterocycles. The third-order valence-corrected chi connectivity index (χ3v) is 2.93. The van der Waals surface area contributed by atoms with Crippen molar-refractivity contribution < 1.29 is 47.3 Å². The molecule has 1 aliphatic heterocycles. The Labute approximate surface area is 137 Å². The molecule has 1 rings (SSSR count). The molecule has 1 saturated heterocycles. The molecule has 1 heterocycles. The van der Waals surface area contributed by atoms with Gasteiger partial charge in [0.05, 0.1) is 0 Å². The van der Waals surface area contributed by atoms with Crippen LogP contribution in [0, 0.1) is 0 Å². The Morgan fingerprint density at radius 2 is 1.17 bits per heavy atom. The van der Waals surface area contributed by atoms with Crippen molar-refractivity contribution in [1.82, 2.24) is 0 Å². The van der Waals surface area contributed by atoms with Crippen LogP contribution in [0.25, 0.3) is 0 Å². The normalized spacial score (nSPS) is 29.3. The van der Waals surface area contributed by atoms with Crippen molar-refractivity contribution in [2.45, 2.75) is 58.4 Å². The predicted octanol–water partition coefficient (Wildman–Crippen LogP) is 0.0390. The highest BCUT2D eigenvalue weighted by Crippen LogP contribution is 2.29. The monoisotopic (exact) mass is 350 g/mol. The molecule has 24 heavy (non-hydrogen) atoms. The molecular formula is C14H19FO9. The molecular weight excluding hydrogens is 331 g/mol. The topological polar surface area (TPSA) is 114 Å². The Hall–Kier alpha value is -2.23. The molecule has 1 fully saturated rings. The first-order valence-electron chi connectivity index (χ1n) is 7.06. The van der Waals surface area contributed by atoms with Crippen LogP contribution in [-0.4, -0.2) is 61.3 Å². The summed E-state index contributed by atoms with van der Waals surface area (Å²) < 4.78 is 38.4. The van der Waals surface area contributed by atoms with Gasteiger partial charge in [-0.25, -0.2) is 4.39 Å². The third-order valence-electron chi connectivity index (χ3n) is 2.93. The first-order valence-corrected chi connectivity index (χ1v) is 7.06. The first kappa shape index (κ1) is 19.8. The van der Waals surface area contributed by atoms with E-state index in [0.717, 1.165) is 27.7 Å². The fraction of sp³-hybridized carbons (Fsp3) is 0.714. The standard InChI is InChI=1S/C14H19FO9/c1-6(16)20-11-10(5-15)24-14(23-9(4)19)13(22-8(3)18)12(11)21-7(2)17/h10-14H,5H2,1-4H3/t10?,11-,12?,13?,14-/m1/s1. The van der Waals surface area contributed by atoms with Gasteiger partial charge >= 0.3 is 23.9 Å². The molecule has 0 saturated carbocycles. The lowest BCUT2D eigenvalue weighted by atomic mass is 9.98. The molecule has 136 valence electrons. The van der Waals surface area contributed by atoms with Crippen LogP contribution in [0.3, 0.4) is 0 Å². The second-order valence-corrected chi connectivity index (χ2v) is 5.03. The zero-order chi connectivity index (χ0) is 18.4. The van der Waals surface area contributed by atoms with Gasteiger partial charge in [-0.05, 0) is 0 Å². The van der Waals surface area contributed by atoms with E-state index in [4.69, 9.17) is 23.7 Å². The Morgan fingerprint density at radius 1 is 0.750 bits per heavy atom. The number of hydrogen-bond donors (Lipinski definition) is 0. The van der Waals surface area contributed by atoms with Gasteiger partial charge in [-0.1, -0.05) is 0 Å². The number of halogens is 1. The van der Waals surface area contributed by atoms with Crippen LogP contribution in [-0.2, 0) is 42.9 Å². The van der Waals surface area contributed by atoms with Gasteiger partial charge < -0.3 is 23.7 Å². The van der Waals surface area contributed by atoms with E-state index in [-0.39, 0.29) is 0 Å². The van der Waals surface area contributed by atoms with Gasteiger partial charge in [0, 0.05) is 27.7 Å². The molecule has 0 spiro atoms. The van der Waals surface area contributed by atoms with E-state index >= 15 is 0 Å². The summed E-state index contributed by atoms with van der Waals surface area (Å²) in [5.74, 6) is -3.16. The molecule has 0 amide bonds. The van der Waals surface area contributed by atoms with Crippen LogP contribution in [0.1, 0.15) is 27.7 Å². The zero-order valence-electron chi connectivity index (χ0n) is 13.6. The number of carbonyl (C=O) groups is 4. The van der Waals surface area contributed by atoms with Gasteiger partial charge in [-0.2, -0.15) is 0 Å². The fourth-order valence-electron chi connectivity index (χ4n) is 2.24. The SMILES string of the molecule is CC(=O)OC1C(OC(C)=O)[C@H](OC(C)=O)C(CF)O[C@H]1OC(C)=O. The summed E-state index contributed by atoms with van der Waals surface area (Å²) >= 11 is 0. The molecule has 0 bridgehead atoms. The van der Waals surface area contributed by atoms with Crippen LogP contribution in [0.15, 0.2) is 0 Å². The largest absolute Gasteiger partial charge is 0.456 e. The summed E-state index contributed by atoms with van der Waals surface area (Å²) in [4.78, 5) is 45.1. The Bertz CT molecular complexity index is 506. The molecule has 1 aliphatic rings. The van der Waals surface area contributed by atoms with E-state index in [2.05, 4.69) is 0 Å². The summed E-state index contributed by atoms with van der Waals surface area (Å²) in [6.45, 7) is 3.14. The van der Waals surface area contributed by atoms with Crippen molar-refractivity contribution in [2.24, 2.45) is 0 Å². The van der Waals surface area contributed by atoms with E-state index in [1.807, 2.05) is 0 Å². The Morgan fingerprint density at radius 3 is 1.58 bits per heavy atom. The maximum atomic E-state index is 13.3. The maximum Gasteiger partial charge on any atom is 0.305 e. The van der Waals surface area contributed by atoms with Crippen molar-refractivity contribution in [3.63, 3.8) is 0 Å². The van der Waals surface area contributed by atoms with Crippen LogP contribution < -0.4 is 0 Å². The highest BCUT2D eigenvalue weighted by Gasteiger charge is 2.53. The Kier molecular flexibility index (Phi) is 7.08. The minimum absolute atomic E-state index is 0.785. The van der Waals surface area contributed by atoms with Crippen LogP contribution in [0.2, 0.25) is 0 Å². The van der Waals surface area contributed by atoms with Gasteiger partial charge in [-0.3, -0.25) is 19.2 Å². The quantitative estimate of drug-likeness (QED) is 0.500. The van der Waals surface area contributed by atoms with E-state index in [1.165, 1.54) is 0 Å². The number of hydrogen-bond acceptors (Lipinski definition) is 9. The fourth-order valence-corrected chi connectivity index (χ4v) is 2.24. The first-order chi connectivity index (χ1) is 11.1. The third kappa shape index (κ3) is 5.44. The van der Waals surface area contributed by atoms with Gasteiger partial charge in [-0.15, -0.1) is 0 Å². The summed E-state index contributed by atoms with van der Waals surface area (Å²) in [7, 11) is 0. The summed E-state index contributed by atoms with van der Waals surface area (Å²) in [6, 6.07) is 0. The minimum atomic E-state index is -1.52. The lowest BCUT2D eigenvalue weighted by Crippen LogP contribution is -2.62. The zero-order valence-corrected chi connectivity index (χ0v) is 13.6. The minimum Gasteiger partial charge on any atom is -0.456 e. The van der Waals surface area contributed by atoms with Crippen molar-refractivity contribution in [2.75, 3.05) is 6.67 Å². The molecule has 0 aromatic carbocycles. The highest BCUT2D eigenvalue weighted by molar-refractivity contribution is 5.69. The molecule has 0 aliphatic carbocycles. The van der Waals surface area contributed by atoms with E-state index < -0.39 is 61.3 Å². The lowest BCUT2D eigenvalue weighted by molar-refractivity contribution is -0.297. The molecule has 0 aromatic rings.